The van der Waals surface area contributed by atoms with Crippen LogP contribution in [0.4, 0.5) is 0 Å². The van der Waals surface area contributed by atoms with Crippen LogP contribution < -0.4 is 10.1 Å². The van der Waals surface area contributed by atoms with Crippen molar-refractivity contribution in [3.8, 4) is 11.5 Å². The van der Waals surface area contributed by atoms with Gasteiger partial charge in [0.25, 0.3) is 5.91 Å². The van der Waals surface area contributed by atoms with E-state index < -0.39 is 11.9 Å². The maximum absolute atomic E-state index is 13.2. The first kappa shape index (κ1) is 20.1. The molecule has 0 saturated carbocycles. The molecule has 0 radical (unpaired) electrons. The third kappa shape index (κ3) is 3.93. The lowest BCUT2D eigenvalue weighted by Crippen LogP contribution is -2.54. The molecule has 2 aromatic rings. The Kier molecular flexibility index (Phi) is 5.55. The standard InChI is InChI=1S/C23H24N2O5/c1-14(2)15-6-8-16(9-7-15)30-20-5-3-4-17-18(20)12-29-13-25(23(17)28)19-10-11-21(26)24-22(19)27/h3-9,14,19H,10-13H2,1-2H3,(H,24,26,27). The summed E-state index contributed by atoms with van der Waals surface area (Å²) < 4.78 is 11.8. The zero-order valence-electron chi connectivity index (χ0n) is 17.0. The topological polar surface area (TPSA) is 84.9 Å². The van der Waals surface area contributed by atoms with Crippen LogP contribution in [-0.4, -0.2) is 35.4 Å². The van der Waals surface area contributed by atoms with Crippen LogP contribution >= 0.6 is 0 Å². The molecule has 30 heavy (non-hydrogen) atoms. The average Bonchev–Trinajstić information content (AvgIpc) is 2.88. The van der Waals surface area contributed by atoms with Crippen molar-refractivity contribution in [3.63, 3.8) is 0 Å². The van der Waals surface area contributed by atoms with Gasteiger partial charge in [-0.25, -0.2) is 0 Å². The first-order valence-electron chi connectivity index (χ1n) is 10.1. The minimum absolute atomic E-state index is 0.0255. The van der Waals surface area contributed by atoms with Crippen LogP contribution in [0.3, 0.4) is 0 Å². The number of amides is 3. The molecule has 1 unspecified atom stereocenters. The minimum atomic E-state index is -0.727. The van der Waals surface area contributed by atoms with Crippen molar-refractivity contribution in [2.75, 3.05) is 6.73 Å². The lowest BCUT2D eigenvalue weighted by Gasteiger charge is -2.31. The number of fused-ring (bicyclic) bond motifs is 1. The van der Waals surface area contributed by atoms with Gasteiger partial charge >= 0.3 is 0 Å². The number of nitrogens with one attached hydrogen (secondary N) is 1. The predicted octanol–water partition coefficient (Wildman–Crippen LogP) is 3.34. The number of hydrogen-bond donors (Lipinski definition) is 1. The van der Waals surface area contributed by atoms with E-state index in [2.05, 4.69) is 19.2 Å². The monoisotopic (exact) mass is 408 g/mol. The van der Waals surface area contributed by atoms with Gasteiger partial charge in [0.15, 0.2) is 0 Å². The van der Waals surface area contributed by atoms with E-state index in [0.29, 0.717) is 28.5 Å². The van der Waals surface area contributed by atoms with Crippen LogP contribution in [0.15, 0.2) is 42.5 Å². The summed E-state index contributed by atoms with van der Waals surface area (Å²) in [4.78, 5) is 38.3. The Bertz CT molecular complexity index is 984. The van der Waals surface area contributed by atoms with Crippen LogP contribution in [0, 0.1) is 0 Å². The van der Waals surface area contributed by atoms with Crippen molar-refractivity contribution in [1.82, 2.24) is 10.2 Å². The first-order chi connectivity index (χ1) is 14.4. The van der Waals surface area contributed by atoms with Gasteiger partial charge in [-0.1, -0.05) is 32.0 Å². The molecule has 7 nitrogen and oxygen atoms in total. The maximum Gasteiger partial charge on any atom is 0.256 e. The van der Waals surface area contributed by atoms with Crippen molar-refractivity contribution in [2.45, 2.75) is 45.3 Å². The summed E-state index contributed by atoms with van der Waals surface area (Å²) in [6.45, 7) is 4.42. The summed E-state index contributed by atoms with van der Waals surface area (Å²) in [5.74, 6) is 0.548. The molecule has 3 amide bonds. The number of piperidine rings is 1. The lowest BCUT2D eigenvalue weighted by molar-refractivity contribution is -0.138. The van der Waals surface area contributed by atoms with E-state index in [9.17, 15) is 14.4 Å². The summed E-state index contributed by atoms with van der Waals surface area (Å²) in [6.07, 6.45) is 0.482. The normalized spacial score (nSPS) is 19.4. The second-order valence-corrected chi connectivity index (χ2v) is 7.83. The average molecular weight is 408 g/mol. The quantitative estimate of drug-likeness (QED) is 0.785. The molecule has 1 atom stereocenters. The highest BCUT2D eigenvalue weighted by Crippen LogP contribution is 2.32. The highest BCUT2D eigenvalue weighted by atomic mass is 16.5. The third-order valence-electron chi connectivity index (χ3n) is 5.46. The fourth-order valence-electron chi connectivity index (χ4n) is 3.73. The molecular weight excluding hydrogens is 384 g/mol. The Hall–Kier alpha value is -3.19. The Labute approximate surface area is 175 Å². The van der Waals surface area contributed by atoms with Crippen molar-refractivity contribution in [2.24, 2.45) is 0 Å². The third-order valence-corrected chi connectivity index (χ3v) is 5.46. The Morgan fingerprint density at radius 3 is 2.57 bits per heavy atom. The summed E-state index contributed by atoms with van der Waals surface area (Å²) in [7, 11) is 0. The number of hydrogen-bond acceptors (Lipinski definition) is 5. The fourth-order valence-corrected chi connectivity index (χ4v) is 3.73. The van der Waals surface area contributed by atoms with Crippen LogP contribution in [0.25, 0.3) is 0 Å². The zero-order chi connectivity index (χ0) is 21.3. The molecule has 1 N–H and O–H groups in total. The molecule has 0 spiro atoms. The van der Waals surface area contributed by atoms with Crippen molar-refractivity contribution < 1.29 is 23.9 Å². The molecule has 4 rings (SSSR count). The van der Waals surface area contributed by atoms with Crippen molar-refractivity contribution in [3.05, 3.63) is 59.2 Å². The van der Waals surface area contributed by atoms with Crippen LogP contribution in [0.2, 0.25) is 0 Å². The number of rotatable bonds is 4. The largest absolute Gasteiger partial charge is 0.457 e. The SMILES string of the molecule is CC(C)c1ccc(Oc2cccc3c2COCN(C2CCC(=O)NC2=O)C3=O)cc1. The van der Waals surface area contributed by atoms with Gasteiger partial charge in [0.2, 0.25) is 11.8 Å². The highest BCUT2D eigenvalue weighted by molar-refractivity contribution is 6.04. The molecule has 0 bridgehead atoms. The first-order valence-corrected chi connectivity index (χ1v) is 10.1. The van der Waals surface area contributed by atoms with E-state index >= 15 is 0 Å². The van der Waals surface area contributed by atoms with Crippen LogP contribution in [0.1, 0.15) is 54.1 Å². The molecule has 0 aromatic heterocycles. The van der Waals surface area contributed by atoms with Gasteiger partial charge in [-0.3, -0.25) is 19.7 Å². The van der Waals surface area contributed by atoms with Crippen LogP contribution in [-0.2, 0) is 20.9 Å². The second-order valence-electron chi connectivity index (χ2n) is 7.83. The Morgan fingerprint density at radius 2 is 1.87 bits per heavy atom. The van der Waals surface area contributed by atoms with Gasteiger partial charge < -0.3 is 14.4 Å². The van der Waals surface area contributed by atoms with Crippen molar-refractivity contribution >= 4 is 17.7 Å². The number of benzene rings is 2. The smallest absolute Gasteiger partial charge is 0.256 e. The van der Waals surface area contributed by atoms with Crippen LogP contribution in [0.5, 0.6) is 11.5 Å². The molecule has 2 aromatic carbocycles. The van der Waals surface area contributed by atoms with Crippen molar-refractivity contribution in [1.29, 1.82) is 0 Å². The zero-order valence-corrected chi connectivity index (χ0v) is 17.0. The molecule has 2 aliphatic rings. The van der Waals surface area contributed by atoms with E-state index in [4.69, 9.17) is 9.47 Å². The van der Waals surface area contributed by atoms with Gasteiger partial charge in [-0.15, -0.1) is 0 Å². The highest BCUT2D eigenvalue weighted by Gasteiger charge is 2.37. The Balaban J connectivity index is 1.60. The number of carbonyl (C=O) groups is 3. The van der Waals surface area contributed by atoms with Gasteiger partial charge in [0.05, 0.1) is 6.61 Å². The van der Waals surface area contributed by atoms with Gasteiger partial charge in [0, 0.05) is 17.5 Å². The van der Waals surface area contributed by atoms with E-state index in [1.807, 2.05) is 24.3 Å². The molecule has 1 fully saturated rings. The number of imide groups is 1. The number of carbonyl (C=O) groups excluding carboxylic acids is 3. The molecule has 0 aliphatic carbocycles. The summed E-state index contributed by atoms with van der Waals surface area (Å²) in [5, 5.41) is 2.30. The van der Waals surface area contributed by atoms with E-state index in [-0.39, 0.29) is 38.0 Å². The number of nitrogens with zero attached hydrogens (tertiary/aromatic N) is 1. The molecule has 1 saturated heterocycles. The molecule has 2 aliphatic heterocycles. The summed E-state index contributed by atoms with van der Waals surface area (Å²) in [5.41, 5.74) is 2.30. The van der Waals surface area contributed by atoms with E-state index in [1.165, 1.54) is 10.5 Å². The van der Waals surface area contributed by atoms with Gasteiger partial charge in [0.1, 0.15) is 24.3 Å². The number of ether oxygens (including phenoxy) is 2. The summed E-state index contributed by atoms with van der Waals surface area (Å²) in [6, 6.07) is 12.4. The molecule has 156 valence electrons. The Morgan fingerprint density at radius 1 is 1.10 bits per heavy atom. The van der Waals surface area contributed by atoms with E-state index in [1.54, 1.807) is 18.2 Å². The maximum atomic E-state index is 13.2. The van der Waals surface area contributed by atoms with Gasteiger partial charge in [-0.2, -0.15) is 0 Å². The minimum Gasteiger partial charge on any atom is -0.457 e. The van der Waals surface area contributed by atoms with Gasteiger partial charge in [-0.05, 0) is 42.2 Å². The predicted molar refractivity (Wildman–Crippen MR) is 109 cm³/mol. The summed E-state index contributed by atoms with van der Waals surface area (Å²) >= 11 is 0. The lowest BCUT2D eigenvalue weighted by atomic mass is 10.0. The second kappa shape index (κ2) is 8.28. The molecule has 7 heteroatoms. The van der Waals surface area contributed by atoms with E-state index in [0.717, 1.165) is 0 Å². The molecule has 2 heterocycles. The molecular formula is C23H24N2O5. The fraction of sp³-hybridized carbons (Fsp3) is 0.348.